The Bertz CT molecular complexity index is 123. The topological polar surface area (TPSA) is 12.0 Å². The second-order valence-electron chi connectivity index (χ2n) is 1.23. The zero-order chi connectivity index (χ0) is 7.11. The minimum Gasteiger partial charge on any atom is -0.380 e. The van der Waals surface area contributed by atoms with Crippen LogP contribution in [0.5, 0.6) is 0 Å². The van der Waals surface area contributed by atoms with E-state index in [4.69, 9.17) is 0 Å². The van der Waals surface area contributed by atoms with Crippen molar-refractivity contribution in [3.05, 3.63) is 17.5 Å². The van der Waals surface area contributed by atoms with E-state index in [9.17, 15) is 0 Å². The van der Waals surface area contributed by atoms with E-state index in [0.29, 0.717) is 0 Å². The molecule has 0 atom stereocenters. The molecule has 0 amide bonds. The maximum Gasteiger partial charge on any atom is 0.0879 e. The van der Waals surface area contributed by atoms with Crippen molar-refractivity contribution < 1.29 is 0 Å². The molecule has 1 rings (SSSR count). The highest BCUT2D eigenvalue weighted by molar-refractivity contribution is 7.14. The van der Waals surface area contributed by atoms with E-state index < -0.39 is 0 Å². The van der Waals surface area contributed by atoms with Gasteiger partial charge in [0.05, 0.1) is 5.00 Å². The summed E-state index contributed by atoms with van der Waals surface area (Å²) in [6, 6.07) is 4.07. The highest BCUT2D eigenvalue weighted by atomic mass is 32.1. The lowest BCUT2D eigenvalue weighted by Gasteiger charge is -1.85. The van der Waals surface area contributed by atoms with Crippen LogP contribution in [0.25, 0.3) is 0 Å². The lowest BCUT2D eigenvalue weighted by Crippen LogP contribution is -1.79. The van der Waals surface area contributed by atoms with Crippen molar-refractivity contribution in [1.29, 1.82) is 0 Å². The molecular formula is C7H13NS. The summed E-state index contributed by atoms with van der Waals surface area (Å²) in [5.41, 5.74) is 0. The van der Waals surface area contributed by atoms with E-state index in [1.54, 1.807) is 11.3 Å². The lowest BCUT2D eigenvalue weighted by atomic mass is 10.6. The molecule has 1 nitrogen and oxygen atoms in total. The van der Waals surface area contributed by atoms with Crippen LogP contribution in [0.1, 0.15) is 13.8 Å². The fraction of sp³-hybridized carbons (Fsp3) is 0.429. The van der Waals surface area contributed by atoms with Crippen molar-refractivity contribution in [1.82, 2.24) is 0 Å². The van der Waals surface area contributed by atoms with Gasteiger partial charge in [-0.1, -0.05) is 13.8 Å². The predicted octanol–water partition coefficient (Wildman–Crippen LogP) is 2.82. The summed E-state index contributed by atoms with van der Waals surface area (Å²) in [6.07, 6.45) is 0. The van der Waals surface area contributed by atoms with Gasteiger partial charge >= 0.3 is 0 Å². The van der Waals surface area contributed by atoms with Gasteiger partial charge in [0.2, 0.25) is 0 Å². The first kappa shape index (κ1) is 8.50. The number of thiophene rings is 1. The molecule has 0 radical (unpaired) electrons. The second-order valence-corrected chi connectivity index (χ2v) is 2.17. The molecule has 0 bridgehead atoms. The van der Waals surface area contributed by atoms with Crippen LogP contribution in [-0.4, -0.2) is 7.05 Å². The molecule has 1 N–H and O–H groups in total. The Morgan fingerprint density at radius 1 is 1.44 bits per heavy atom. The van der Waals surface area contributed by atoms with Crippen molar-refractivity contribution in [2.24, 2.45) is 0 Å². The highest BCUT2D eigenvalue weighted by Gasteiger charge is 1.80. The Labute approximate surface area is 60.7 Å². The van der Waals surface area contributed by atoms with Gasteiger partial charge in [-0.15, -0.1) is 11.3 Å². The van der Waals surface area contributed by atoms with E-state index >= 15 is 0 Å². The van der Waals surface area contributed by atoms with Gasteiger partial charge in [0.25, 0.3) is 0 Å². The molecule has 52 valence electrons. The molecule has 1 aromatic heterocycles. The molecule has 0 saturated heterocycles. The van der Waals surface area contributed by atoms with Crippen LogP contribution in [-0.2, 0) is 0 Å². The number of rotatable bonds is 1. The third-order valence-corrected chi connectivity index (χ3v) is 1.65. The monoisotopic (exact) mass is 143 g/mol. The Kier molecular flexibility index (Phi) is 5.32. The van der Waals surface area contributed by atoms with Crippen LogP contribution in [0.15, 0.2) is 17.5 Å². The minimum absolute atomic E-state index is 1.22. The van der Waals surface area contributed by atoms with Crippen LogP contribution in [0, 0.1) is 0 Å². The molecule has 0 aromatic carbocycles. The number of anilines is 1. The van der Waals surface area contributed by atoms with E-state index in [-0.39, 0.29) is 0 Å². The average Bonchev–Trinajstić information content (AvgIpc) is 2.43. The first-order valence-electron chi connectivity index (χ1n) is 3.15. The minimum atomic E-state index is 1.22. The maximum atomic E-state index is 3.03. The SMILES string of the molecule is CC.CNc1cccs1. The Balaban J connectivity index is 0.000000291. The summed E-state index contributed by atoms with van der Waals surface area (Å²) in [7, 11) is 1.92. The molecule has 0 aliphatic rings. The molecule has 2 heteroatoms. The summed E-state index contributed by atoms with van der Waals surface area (Å²) in [6.45, 7) is 4.00. The van der Waals surface area contributed by atoms with Crippen molar-refractivity contribution in [3.8, 4) is 0 Å². The molecule has 0 aliphatic carbocycles. The third kappa shape index (κ3) is 3.14. The largest absolute Gasteiger partial charge is 0.380 e. The summed E-state index contributed by atoms with van der Waals surface area (Å²) in [4.78, 5) is 0. The van der Waals surface area contributed by atoms with Gasteiger partial charge in [0.1, 0.15) is 0 Å². The molecule has 9 heavy (non-hydrogen) atoms. The fourth-order valence-corrected chi connectivity index (χ4v) is 1.000. The summed E-state index contributed by atoms with van der Waals surface area (Å²) in [5.74, 6) is 0. The zero-order valence-electron chi connectivity index (χ0n) is 6.14. The van der Waals surface area contributed by atoms with Gasteiger partial charge in [-0.05, 0) is 17.5 Å². The standard InChI is InChI=1S/C5H7NS.C2H6/c1-6-5-3-2-4-7-5;1-2/h2-4,6H,1H3;1-2H3. The lowest BCUT2D eigenvalue weighted by molar-refractivity contribution is 1.50. The Hall–Kier alpha value is -0.500. The Morgan fingerprint density at radius 3 is 2.33 bits per heavy atom. The molecule has 1 heterocycles. The molecule has 0 aliphatic heterocycles. The molecule has 1 aromatic rings. The highest BCUT2D eigenvalue weighted by Crippen LogP contribution is 2.12. The summed E-state index contributed by atoms with van der Waals surface area (Å²) in [5, 5.41) is 6.30. The first-order chi connectivity index (χ1) is 4.43. The van der Waals surface area contributed by atoms with E-state index in [2.05, 4.69) is 5.32 Å². The quantitative estimate of drug-likeness (QED) is 0.637. The van der Waals surface area contributed by atoms with Gasteiger partial charge in [0.15, 0.2) is 0 Å². The Morgan fingerprint density at radius 2 is 2.11 bits per heavy atom. The molecule has 0 unspecified atom stereocenters. The number of hydrogen-bond donors (Lipinski definition) is 1. The normalized spacial score (nSPS) is 7.44. The van der Waals surface area contributed by atoms with Crippen molar-refractivity contribution in [2.75, 3.05) is 12.4 Å². The average molecular weight is 143 g/mol. The van der Waals surface area contributed by atoms with E-state index in [1.807, 2.05) is 38.4 Å². The van der Waals surface area contributed by atoms with Crippen LogP contribution in [0.4, 0.5) is 5.00 Å². The fourth-order valence-electron chi connectivity index (χ4n) is 0.421. The molecular weight excluding hydrogens is 130 g/mol. The summed E-state index contributed by atoms with van der Waals surface area (Å²) >= 11 is 1.71. The third-order valence-electron chi connectivity index (χ3n) is 0.768. The number of nitrogens with one attached hydrogen (secondary N) is 1. The maximum absolute atomic E-state index is 3.03. The van der Waals surface area contributed by atoms with Crippen LogP contribution in [0.2, 0.25) is 0 Å². The van der Waals surface area contributed by atoms with E-state index in [1.165, 1.54) is 5.00 Å². The van der Waals surface area contributed by atoms with Gasteiger partial charge in [-0.25, -0.2) is 0 Å². The van der Waals surface area contributed by atoms with Gasteiger partial charge in [-0.2, -0.15) is 0 Å². The first-order valence-corrected chi connectivity index (χ1v) is 4.02. The predicted molar refractivity (Wildman–Crippen MR) is 45.2 cm³/mol. The van der Waals surface area contributed by atoms with Gasteiger partial charge in [-0.3, -0.25) is 0 Å². The molecule has 0 fully saturated rings. The second kappa shape index (κ2) is 5.63. The van der Waals surface area contributed by atoms with Crippen LogP contribution in [0.3, 0.4) is 0 Å². The van der Waals surface area contributed by atoms with Crippen LogP contribution >= 0.6 is 11.3 Å². The summed E-state index contributed by atoms with van der Waals surface area (Å²) < 4.78 is 0. The van der Waals surface area contributed by atoms with Gasteiger partial charge in [0, 0.05) is 7.05 Å². The van der Waals surface area contributed by atoms with Crippen molar-refractivity contribution in [3.63, 3.8) is 0 Å². The van der Waals surface area contributed by atoms with Crippen molar-refractivity contribution in [2.45, 2.75) is 13.8 Å². The smallest absolute Gasteiger partial charge is 0.0879 e. The zero-order valence-corrected chi connectivity index (χ0v) is 6.96. The molecule has 0 saturated carbocycles. The van der Waals surface area contributed by atoms with Crippen LogP contribution < -0.4 is 5.32 Å². The van der Waals surface area contributed by atoms with Crippen molar-refractivity contribution >= 4 is 16.3 Å². The van der Waals surface area contributed by atoms with Gasteiger partial charge < -0.3 is 5.32 Å². The molecule has 0 spiro atoms. The van der Waals surface area contributed by atoms with E-state index in [0.717, 1.165) is 0 Å². The number of hydrogen-bond acceptors (Lipinski definition) is 2.